The molecular weight excluding hydrogens is 407 g/mol. The van der Waals surface area contributed by atoms with E-state index in [1.54, 1.807) is 4.40 Å². The highest BCUT2D eigenvalue weighted by Crippen LogP contribution is 2.26. The minimum atomic E-state index is -0.309. The molecule has 0 unspecified atom stereocenters. The molecule has 132 valence electrons. The van der Waals surface area contributed by atoms with Crippen molar-refractivity contribution < 1.29 is 4.42 Å². The standard InChI is InChI=1S/C19H8Cl2N2O3S/c20-10-6-11-16(24)9(8-26-17(11)12(21)7-10)5-15-18(25)23-14-4-2-1-3-13(14)22-19(23)27-15/h1-8H/b15-5-. The number of thiazole rings is 1. The highest BCUT2D eigenvalue weighted by Gasteiger charge is 2.13. The lowest BCUT2D eigenvalue weighted by atomic mass is 10.1. The van der Waals surface area contributed by atoms with Crippen molar-refractivity contribution in [2.24, 2.45) is 0 Å². The predicted molar refractivity (Wildman–Crippen MR) is 108 cm³/mol. The van der Waals surface area contributed by atoms with Gasteiger partial charge < -0.3 is 4.42 Å². The van der Waals surface area contributed by atoms with E-state index in [1.807, 2.05) is 24.3 Å². The molecule has 3 aromatic heterocycles. The molecule has 0 aliphatic heterocycles. The monoisotopic (exact) mass is 414 g/mol. The van der Waals surface area contributed by atoms with E-state index in [4.69, 9.17) is 27.6 Å². The number of rotatable bonds is 1. The third-order valence-electron chi connectivity index (χ3n) is 4.25. The van der Waals surface area contributed by atoms with Gasteiger partial charge in [-0.1, -0.05) is 46.7 Å². The molecule has 0 aliphatic carbocycles. The zero-order valence-corrected chi connectivity index (χ0v) is 15.7. The fraction of sp³-hybridized carbons (Fsp3) is 0. The molecule has 5 nitrogen and oxygen atoms in total. The van der Waals surface area contributed by atoms with Crippen LogP contribution in [0.25, 0.3) is 33.0 Å². The second-order valence-electron chi connectivity index (χ2n) is 5.92. The molecule has 8 heteroatoms. The molecule has 3 heterocycles. The lowest BCUT2D eigenvalue weighted by molar-refractivity contribution is 0.601. The van der Waals surface area contributed by atoms with Gasteiger partial charge >= 0.3 is 0 Å². The summed E-state index contributed by atoms with van der Waals surface area (Å²) in [5.41, 5.74) is 1.45. The second-order valence-corrected chi connectivity index (χ2v) is 7.77. The van der Waals surface area contributed by atoms with Gasteiger partial charge in [-0.25, -0.2) is 9.38 Å². The molecular formula is C19H8Cl2N2O3S. The van der Waals surface area contributed by atoms with Crippen molar-refractivity contribution in [2.75, 3.05) is 0 Å². The highest BCUT2D eigenvalue weighted by molar-refractivity contribution is 7.15. The summed E-state index contributed by atoms with van der Waals surface area (Å²) in [5, 5.41) is 0.856. The van der Waals surface area contributed by atoms with E-state index in [9.17, 15) is 9.59 Å². The van der Waals surface area contributed by atoms with E-state index >= 15 is 0 Å². The molecule has 0 saturated carbocycles. The van der Waals surface area contributed by atoms with E-state index in [0.29, 0.717) is 14.5 Å². The number of para-hydroxylation sites is 2. The van der Waals surface area contributed by atoms with Crippen LogP contribution in [0.2, 0.25) is 10.0 Å². The maximum atomic E-state index is 12.8. The zero-order valence-electron chi connectivity index (χ0n) is 13.4. The topological polar surface area (TPSA) is 64.6 Å². The van der Waals surface area contributed by atoms with Gasteiger partial charge in [0.2, 0.25) is 0 Å². The van der Waals surface area contributed by atoms with Crippen LogP contribution in [-0.2, 0) is 0 Å². The number of halogens is 2. The Balaban J connectivity index is 1.80. The molecule has 0 amide bonds. The molecule has 5 rings (SSSR count). The Morgan fingerprint density at radius 2 is 1.96 bits per heavy atom. The van der Waals surface area contributed by atoms with Gasteiger partial charge in [0.25, 0.3) is 5.56 Å². The smallest absolute Gasteiger partial charge is 0.274 e. The Labute approximate surface area is 164 Å². The van der Waals surface area contributed by atoms with Gasteiger partial charge in [-0.15, -0.1) is 0 Å². The Morgan fingerprint density at radius 1 is 1.15 bits per heavy atom. The largest absolute Gasteiger partial charge is 0.462 e. The molecule has 0 radical (unpaired) electrons. The summed E-state index contributed by atoms with van der Waals surface area (Å²) in [6, 6.07) is 10.4. The SMILES string of the molecule is O=c1c(/C=c2\sc3nc4ccccc4n3c2=O)coc2c(Cl)cc(Cl)cc12. The Kier molecular flexibility index (Phi) is 3.62. The van der Waals surface area contributed by atoms with Crippen LogP contribution in [-0.4, -0.2) is 9.38 Å². The van der Waals surface area contributed by atoms with E-state index in [2.05, 4.69) is 4.98 Å². The van der Waals surface area contributed by atoms with Gasteiger partial charge in [-0.05, 0) is 30.3 Å². The summed E-state index contributed by atoms with van der Waals surface area (Å²) in [6.07, 6.45) is 2.81. The van der Waals surface area contributed by atoms with Crippen LogP contribution in [0, 0.1) is 0 Å². The summed E-state index contributed by atoms with van der Waals surface area (Å²) in [6.45, 7) is 0. The molecule has 0 bridgehead atoms. The normalized spacial score (nSPS) is 12.6. The minimum absolute atomic E-state index is 0.229. The fourth-order valence-electron chi connectivity index (χ4n) is 3.03. The van der Waals surface area contributed by atoms with Gasteiger partial charge in [-0.2, -0.15) is 0 Å². The molecule has 5 aromatic rings. The van der Waals surface area contributed by atoms with Crippen LogP contribution in [0.1, 0.15) is 5.56 Å². The van der Waals surface area contributed by atoms with E-state index < -0.39 is 0 Å². The van der Waals surface area contributed by atoms with Crippen molar-refractivity contribution >= 4 is 67.6 Å². The van der Waals surface area contributed by atoms with E-state index in [-0.39, 0.29) is 32.5 Å². The molecule has 0 spiro atoms. The summed E-state index contributed by atoms with van der Waals surface area (Å²) >= 11 is 13.3. The average molecular weight is 415 g/mol. The third-order valence-corrected chi connectivity index (χ3v) is 5.72. The van der Waals surface area contributed by atoms with Crippen LogP contribution in [0.5, 0.6) is 0 Å². The Bertz CT molecular complexity index is 1550. The van der Waals surface area contributed by atoms with Gasteiger partial charge in [0.15, 0.2) is 16.0 Å². The van der Waals surface area contributed by atoms with Crippen LogP contribution in [0.3, 0.4) is 0 Å². The predicted octanol–water partition coefficient (Wildman–Crippen LogP) is 3.87. The first kappa shape index (κ1) is 16.5. The number of imidazole rings is 1. The molecule has 0 saturated heterocycles. The number of hydrogen-bond acceptors (Lipinski definition) is 5. The van der Waals surface area contributed by atoms with E-state index in [1.165, 1.54) is 35.8 Å². The third kappa shape index (κ3) is 2.49. The summed E-state index contributed by atoms with van der Waals surface area (Å²) in [5.74, 6) is 0. The summed E-state index contributed by atoms with van der Waals surface area (Å²) in [4.78, 5) is 30.6. The van der Waals surface area contributed by atoms with E-state index in [0.717, 1.165) is 11.0 Å². The van der Waals surface area contributed by atoms with Crippen molar-refractivity contribution in [3.8, 4) is 0 Å². The lowest BCUT2D eigenvalue weighted by Crippen LogP contribution is -2.23. The van der Waals surface area contributed by atoms with Gasteiger partial charge in [0, 0.05) is 5.02 Å². The van der Waals surface area contributed by atoms with Crippen molar-refractivity contribution in [2.45, 2.75) is 0 Å². The quantitative estimate of drug-likeness (QED) is 0.417. The summed E-state index contributed by atoms with van der Waals surface area (Å²) < 4.78 is 7.44. The molecule has 0 N–H and O–H groups in total. The number of benzene rings is 2. The maximum absolute atomic E-state index is 12.8. The molecule has 0 aliphatic rings. The Hall–Kier alpha value is -2.67. The molecule has 27 heavy (non-hydrogen) atoms. The molecule has 0 atom stereocenters. The number of aromatic nitrogens is 2. The maximum Gasteiger partial charge on any atom is 0.274 e. The van der Waals surface area contributed by atoms with Crippen molar-refractivity contribution in [1.29, 1.82) is 0 Å². The minimum Gasteiger partial charge on any atom is -0.462 e. The number of nitrogens with zero attached hydrogens (tertiary/aromatic N) is 2. The first-order chi connectivity index (χ1) is 13.0. The van der Waals surface area contributed by atoms with Crippen molar-refractivity contribution in [1.82, 2.24) is 9.38 Å². The first-order valence-electron chi connectivity index (χ1n) is 7.85. The van der Waals surface area contributed by atoms with Gasteiger partial charge in [0.1, 0.15) is 6.26 Å². The lowest BCUT2D eigenvalue weighted by Gasteiger charge is -2.01. The number of fused-ring (bicyclic) bond motifs is 4. The Morgan fingerprint density at radius 3 is 2.81 bits per heavy atom. The first-order valence-corrected chi connectivity index (χ1v) is 9.42. The zero-order chi connectivity index (χ0) is 18.7. The van der Waals surface area contributed by atoms with Crippen LogP contribution in [0.4, 0.5) is 0 Å². The van der Waals surface area contributed by atoms with Gasteiger partial charge in [0.05, 0.1) is 31.5 Å². The van der Waals surface area contributed by atoms with Crippen LogP contribution in [0.15, 0.2) is 56.7 Å². The summed E-state index contributed by atoms with van der Waals surface area (Å²) in [7, 11) is 0. The number of hydrogen-bond donors (Lipinski definition) is 0. The van der Waals surface area contributed by atoms with Crippen molar-refractivity contribution in [3.63, 3.8) is 0 Å². The fourth-order valence-corrected chi connectivity index (χ4v) is 4.55. The average Bonchev–Trinajstić information content (AvgIpc) is 3.14. The van der Waals surface area contributed by atoms with Crippen LogP contribution < -0.4 is 15.5 Å². The van der Waals surface area contributed by atoms with Gasteiger partial charge in [-0.3, -0.25) is 9.59 Å². The molecule has 2 aromatic carbocycles. The second kappa shape index (κ2) is 5.92. The molecule has 0 fully saturated rings. The highest BCUT2D eigenvalue weighted by atomic mass is 35.5. The van der Waals surface area contributed by atoms with Crippen LogP contribution >= 0.6 is 34.5 Å². The van der Waals surface area contributed by atoms with Crippen molar-refractivity contribution in [3.05, 3.63) is 83.4 Å².